The van der Waals surface area contributed by atoms with Crippen LogP contribution < -0.4 is 0 Å². The van der Waals surface area contributed by atoms with Crippen LogP contribution in [0.4, 0.5) is 0 Å². The second-order valence-electron chi connectivity index (χ2n) is 13.2. The van der Waals surface area contributed by atoms with Crippen molar-refractivity contribution in [1.29, 1.82) is 0 Å². The summed E-state index contributed by atoms with van der Waals surface area (Å²) in [5.41, 5.74) is 0.700. The van der Waals surface area contributed by atoms with Gasteiger partial charge in [0, 0.05) is 100 Å². The lowest BCUT2D eigenvalue weighted by atomic mass is 9.62. The second kappa shape index (κ2) is 37.8. The molecule has 1 aliphatic rings. The SMILES string of the molecule is CCO[Si](CCCSSSSSCCC1CC([Si](OCC)(OCC)OCC)CCC1(CC)CCSSSSSCCC[Si](OCC)(OCC)OCC)(OCC)OCC. The molecule has 0 amide bonds. The molecule has 0 spiro atoms. The second-order valence-corrected chi connectivity index (χ2v) is 37.6. The largest absolute Gasteiger partial charge is 0.504 e. The molecule has 1 saturated carbocycles. The lowest BCUT2D eigenvalue weighted by Gasteiger charge is -2.49. The molecule has 0 radical (unpaired) electrons. The van der Waals surface area contributed by atoms with Crippen molar-refractivity contribution >= 4 is 129 Å². The van der Waals surface area contributed by atoms with Gasteiger partial charge in [-0.05, 0) is 178 Å². The Morgan fingerprint density at radius 3 is 1.22 bits per heavy atom. The Kier molecular flexibility index (Phi) is 39.0. The minimum absolute atomic E-state index is 0.339. The molecule has 0 bridgehead atoms. The van der Waals surface area contributed by atoms with Gasteiger partial charge in [-0.15, -0.1) is 0 Å². The summed E-state index contributed by atoms with van der Waals surface area (Å²) in [5.74, 6) is 5.07. The van der Waals surface area contributed by atoms with Gasteiger partial charge in [-0.25, -0.2) is 0 Å². The molecule has 0 aliphatic heterocycles. The van der Waals surface area contributed by atoms with Crippen molar-refractivity contribution in [3.05, 3.63) is 0 Å². The van der Waals surface area contributed by atoms with Crippen LogP contribution in [0.3, 0.4) is 0 Å². The van der Waals surface area contributed by atoms with E-state index in [9.17, 15) is 0 Å². The minimum atomic E-state index is -2.78. The van der Waals surface area contributed by atoms with Gasteiger partial charge in [0.25, 0.3) is 0 Å². The molecule has 0 aromatic heterocycles. The molecule has 0 N–H and O–H groups in total. The monoisotopic (exact) mass is 1060 g/mol. The zero-order valence-electron chi connectivity index (χ0n) is 37.2. The van der Waals surface area contributed by atoms with E-state index >= 15 is 0 Å². The van der Waals surface area contributed by atoms with Crippen molar-refractivity contribution in [2.75, 3.05) is 82.5 Å². The average Bonchev–Trinajstić information content (AvgIpc) is 3.20. The van der Waals surface area contributed by atoms with Crippen LogP contribution in [0.2, 0.25) is 17.6 Å². The van der Waals surface area contributed by atoms with E-state index in [1.165, 1.54) is 31.4 Å². The van der Waals surface area contributed by atoms with E-state index in [-0.39, 0.29) is 0 Å². The van der Waals surface area contributed by atoms with Crippen molar-refractivity contribution < 1.29 is 39.8 Å². The summed E-state index contributed by atoms with van der Waals surface area (Å²) in [4.78, 5) is 0. The Balaban J connectivity index is 2.68. The first-order valence-corrected chi connectivity index (χ1v) is 40.1. The van der Waals surface area contributed by atoms with Gasteiger partial charge >= 0.3 is 26.4 Å². The summed E-state index contributed by atoms with van der Waals surface area (Å²) in [6.07, 6.45) is 9.25. The van der Waals surface area contributed by atoms with E-state index in [2.05, 4.69) is 27.7 Å². The highest BCUT2D eigenvalue weighted by molar-refractivity contribution is 9.36. The van der Waals surface area contributed by atoms with Crippen LogP contribution in [-0.2, 0) is 39.8 Å². The molecule has 348 valence electrons. The van der Waals surface area contributed by atoms with Gasteiger partial charge in [0.1, 0.15) is 0 Å². The third kappa shape index (κ3) is 23.5. The molecular formula is C36H78O9S10Si3. The smallest absolute Gasteiger partial charge is 0.374 e. The predicted octanol–water partition coefficient (Wildman–Crippen LogP) is 14.9. The van der Waals surface area contributed by atoms with Crippen LogP contribution in [0.15, 0.2) is 0 Å². The van der Waals surface area contributed by atoms with Crippen molar-refractivity contribution in [2.24, 2.45) is 11.3 Å². The van der Waals surface area contributed by atoms with Gasteiger partial charge in [-0.3, -0.25) is 0 Å². The van der Waals surface area contributed by atoms with Crippen LogP contribution in [-0.4, -0.2) is 109 Å². The molecule has 0 heterocycles. The minimum Gasteiger partial charge on any atom is -0.374 e. The molecule has 58 heavy (non-hydrogen) atoms. The molecule has 0 aromatic rings. The Morgan fingerprint density at radius 2 is 0.845 bits per heavy atom. The first-order valence-electron chi connectivity index (χ1n) is 21.5. The van der Waals surface area contributed by atoms with E-state index in [1.54, 1.807) is 0 Å². The summed E-state index contributed by atoms with van der Waals surface area (Å²) in [6.45, 7) is 26.5. The van der Waals surface area contributed by atoms with Gasteiger partial charge in [-0.2, -0.15) is 0 Å². The van der Waals surface area contributed by atoms with Crippen molar-refractivity contribution in [3.63, 3.8) is 0 Å². The lowest BCUT2D eigenvalue weighted by Crippen LogP contribution is -2.53. The highest BCUT2D eigenvalue weighted by Crippen LogP contribution is 2.57. The van der Waals surface area contributed by atoms with Gasteiger partial charge in [0.15, 0.2) is 0 Å². The van der Waals surface area contributed by atoms with Crippen molar-refractivity contribution in [2.45, 2.75) is 138 Å². The number of hydrogen-bond donors (Lipinski definition) is 0. The van der Waals surface area contributed by atoms with Crippen LogP contribution in [0.1, 0.15) is 121 Å². The molecule has 3 atom stereocenters. The van der Waals surface area contributed by atoms with Crippen LogP contribution >= 0.6 is 102 Å². The first-order chi connectivity index (χ1) is 28.2. The fraction of sp³-hybridized carbons (Fsp3) is 1.00. The van der Waals surface area contributed by atoms with Gasteiger partial charge in [0.05, 0.1) is 0 Å². The average molecular weight is 1060 g/mol. The zero-order valence-corrected chi connectivity index (χ0v) is 48.3. The lowest BCUT2D eigenvalue weighted by molar-refractivity contribution is 0.0246. The normalized spacial score (nSPS) is 19.3. The summed E-state index contributed by atoms with van der Waals surface area (Å²) in [6, 6.07) is 1.75. The molecule has 3 unspecified atom stereocenters. The Labute approximate surface area is 396 Å². The maximum atomic E-state index is 6.49. The summed E-state index contributed by atoms with van der Waals surface area (Å²) in [7, 11) is 11.4. The molecule has 0 saturated heterocycles. The molecule has 1 aliphatic carbocycles. The Hall–Kier alpha value is 3.79. The highest BCUT2D eigenvalue weighted by atomic mass is 33.8. The quantitative estimate of drug-likeness (QED) is 0.0330. The zero-order chi connectivity index (χ0) is 42.9. The maximum Gasteiger partial charge on any atom is 0.504 e. The van der Waals surface area contributed by atoms with Crippen molar-refractivity contribution in [1.82, 2.24) is 0 Å². The number of rotatable bonds is 42. The molecule has 22 heteroatoms. The van der Waals surface area contributed by atoms with E-state index in [0.29, 0.717) is 76.3 Å². The Bertz CT molecular complexity index is 919. The van der Waals surface area contributed by atoms with E-state index in [0.717, 1.165) is 55.0 Å². The Morgan fingerprint density at radius 1 is 0.466 bits per heavy atom. The molecule has 1 rings (SSSR count). The van der Waals surface area contributed by atoms with E-state index in [1.807, 2.05) is 144 Å². The predicted molar refractivity (Wildman–Crippen MR) is 279 cm³/mol. The number of hydrogen-bond acceptors (Lipinski definition) is 19. The first kappa shape index (κ1) is 59.8. The summed E-state index contributed by atoms with van der Waals surface area (Å²) >= 11 is 0. The summed E-state index contributed by atoms with van der Waals surface area (Å²) in [5, 5.41) is 0. The van der Waals surface area contributed by atoms with Crippen LogP contribution in [0, 0.1) is 11.3 Å². The van der Waals surface area contributed by atoms with Gasteiger partial charge < -0.3 is 39.8 Å². The summed E-state index contributed by atoms with van der Waals surface area (Å²) < 4.78 is 55.6. The van der Waals surface area contributed by atoms with Gasteiger partial charge in [-0.1, -0.05) is 56.5 Å². The van der Waals surface area contributed by atoms with Crippen LogP contribution in [0.5, 0.6) is 0 Å². The topological polar surface area (TPSA) is 83.1 Å². The van der Waals surface area contributed by atoms with E-state index in [4.69, 9.17) is 39.8 Å². The third-order valence-electron chi connectivity index (χ3n) is 9.81. The molecular weight excluding hydrogens is 981 g/mol. The molecule has 0 aromatic carbocycles. The van der Waals surface area contributed by atoms with Crippen molar-refractivity contribution in [3.8, 4) is 0 Å². The molecule has 9 nitrogen and oxygen atoms in total. The fourth-order valence-corrected chi connectivity index (χ4v) is 34.5. The molecule has 1 fully saturated rings. The standard InChI is InChI=1S/C36H78O9S10Si3/c1-11-36(26-30-49-53-55-51-47-28-22-32-57(40-15-5,41-16-6)42-17-7)25-23-35(58(43-18-8,44-19-9)45-20-10)33-34(36)24-29-48-52-54-50-46-27-21-31-56(37-12-2,38-13-3)39-14-4/h34-35H,11-33H2,1-10H3. The fourth-order valence-electron chi connectivity index (χ4n) is 7.55. The highest BCUT2D eigenvalue weighted by Gasteiger charge is 2.54. The van der Waals surface area contributed by atoms with Crippen LogP contribution in [0.25, 0.3) is 0 Å². The van der Waals surface area contributed by atoms with Gasteiger partial charge in [0.2, 0.25) is 0 Å². The van der Waals surface area contributed by atoms with E-state index < -0.39 is 26.4 Å². The maximum absolute atomic E-state index is 6.49. The third-order valence-corrected chi connectivity index (χ3v) is 37.3.